The number of hydrogen-bond acceptors (Lipinski definition) is 0. The Balaban J connectivity index is 0.795. The van der Waals surface area contributed by atoms with Gasteiger partial charge in [0, 0.05) is 65.8 Å². The van der Waals surface area contributed by atoms with Crippen LogP contribution in [0.3, 0.4) is 0 Å². The number of para-hydroxylation sites is 2. The average Bonchev–Trinajstić information content (AvgIpc) is 1.47. The molecule has 0 radical (unpaired) electrons. The minimum atomic E-state index is -0.109. The standard InChI is InChI=1S/C91H67BN4/c1-5-17-55-41-59(33-29-51(55)13-1)63-37-39-79-73(45-63)75-47-65(61-35-31-53-15-3-7-19-57(53)43-61)49-77-86(75)93(79)81-27-11-21-67-69-23-9-25-71-85(69)95(89(77)83(67)81)90-72-26-10-24-70-68-22-12-28-82-84(68)92(96(87(70)72)91(71)90)78-50-66(62-36-32-54-16-4-8-20-58(54)44-62)48-76-74-46-64(38-40-80(74)94(82)88(76)78)60-34-30-52-14-2-6-18-56(52)42-60/h9-12,21-50,89H,1-8,13-20H2. The molecular formula is C91H67BN4. The van der Waals surface area contributed by atoms with Gasteiger partial charge in [-0.15, -0.1) is 0 Å². The van der Waals surface area contributed by atoms with Crippen LogP contribution in [-0.2, 0) is 51.4 Å². The molecule has 12 aromatic carbocycles. The Bertz CT molecular complexity index is 5920. The third-order valence-electron chi connectivity index (χ3n) is 25.2. The van der Waals surface area contributed by atoms with E-state index in [1.165, 1.54) is 311 Å². The zero-order valence-electron chi connectivity index (χ0n) is 53.9. The summed E-state index contributed by atoms with van der Waals surface area (Å²) in [6.07, 6.45) is 19.6. The summed E-state index contributed by atoms with van der Waals surface area (Å²) in [5.74, 6) is 0. The van der Waals surface area contributed by atoms with Gasteiger partial charge < -0.3 is 18.2 Å². The summed E-state index contributed by atoms with van der Waals surface area (Å²) in [5, 5.41) is 7.98. The molecule has 16 aromatic rings. The fourth-order valence-electron chi connectivity index (χ4n) is 20.9. The van der Waals surface area contributed by atoms with E-state index < -0.39 is 0 Å². The van der Waals surface area contributed by atoms with Crippen LogP contribution in [0.15, 0.2) is 206 Å². The van der Waals surface area contributed by atoms with Crippen LogP contribution in [-0.4, -0.2) is 25.0 Å². The van der Waals surface area contributed by atoms with E-state index in [1.807, 2.05) is 0 Å². The highest BCUT2D eigenvalue weighted by Gasteiger charge is 2.46. The van der Waals surface area contributed by atoms with Crippen LogP contribution >= 0.6 is 0 Å². The Morgan fingerprint density at radius 2 is 0.708 bits per heavy atom. The molecule has 0 saturated heterocycles. The molecule has 96 heavy (non-hydrogen) atoms. The third-order valence-corrected chi connectivity index (χ3v) is 25.2. The molecule has 8 aliphatic rings. The Hall–Kier alpha value is -10.4. The van der Waals surface area contributed by atoms with Crippen molar-refractivity contribution in [3.8, 4) is 78.1 Å². The van der Waals surface area contributed by atoms with Crippen molar-refractivity contribution in [3.05, 3.63) is 262 Å². The van der Waals surface area contributed by atoms with Gasteiger partial charge in [0.05, 0.1) is 50.3 Å². The molecule has 4 aliphatic heterocycles. The summed E-state index contributed by atoms with van der Waals surface area (Å²) >= 11 is 0. The van der Waals surface area contributed by atoms with Crippen molar-refractivity contribution < 1.29 is 0 Å². The normalized spacial score (nSPS) is 16.6. The van der Waals surface area contributed by atoms with Crippen LogP contribution in [0.2, 0.25) is 0 Å². The Kier molecular flexibility index (Phi) is 10.2. The van der Waals surface area contributed by atoms with E-state index >= 15 is 0 Å². The Morgan fingerprint density at radius 1 is 0.281 bits per heavy atom. The smallest absolute Gasteiger partial charge is 0.333 e. The molecule has 0 N–H and O–H groups in total. The topological polar surface area (TPSA) is 19.7 Å². The van der Waals surface area contributed by atoms with E-state index in [0.717, 1.165) is 12.8 Å². The van der Waals surface area contributed by atoms with Crippen molar-refractivity contribution in [1.82, 2.24) is 18.2 Å². The van der Waals surface area contributed by atoms with Crippen molar-refractivity contribution in [3.63, 3.8) is 0 Å². The molecule has 1 unspecified atom stereocenters. The number of benzene rings is 12. The molecule has 4 aliphatic carbocycles. The third kappa shape index (κ3) is 6.72. The van der Waals surface area contributed by atoms with Gasteiger partial charge in [-0.2, -0.15) is 0 Å². The molecule has 0 fully saturated rings. The van der Waals surface area contributed by atoms with E-state index in [0.29, 0.717) is 0 Å². The van der Waals surface area contributed by atoms with E-state index in [9.17, 15) is 0 Å². The second-order valence-corrected chi connectivity index (χ2v) is 29.9. The SMILES string of the molecule is c1cc2c3c(c1)-n1c4ccc(-c5ccc6c(c5)CCCC6)cc4c4cc(-c5ccc6c(c5)CCCC6)cc(c41)B3n1c3c-2cccc3c2c1c1cccc3c1n2C1c2c-3cccc2-n2c3ccc(-c4ccc5c(c4)CCCC5)cc3c3cc(-c4ccc5c(c4)CCCC5)cc1c32. The van der Waals surface area contributed by atoms with Crippen LogP contribution in [0.4, 0.5) is 0 Å². The van der Waals surface area contributed by atoms with Gasteiger partial charge in [0.1, 0.15) is 0 Å². The summed E-state index contributed by atoms with van der Waals surface area (Å²) in [4.78, 5) is 0. The summed E-state index contributed by atoms with van der Waals surface area (Å²) in [7, 11) is 0. The number of hydrogen-bond donors (Lipinski definition) is 0. The Morgan fingerprint density at radius 3 is 1.28 bits per heavy atom. The van der Waals surface area contributed by atoms with Crippen LogP contribution < -0.4 is 10.9 Å². The maximum atomic E-state index is 2.89. The summed E-state index contributed by atoms with van der Waals surface area (Å²) < 4.78 is 11.1. The number of nitrogens with zero attached hydrogens (tertiary/aromatic N) is 4. The molecule has 8 heterocycles. The predicted molar refractivity (Wildman–Crippen MR) is 400 cm³/mol. The first-order valence-electron chi connectivity index (χ1n) is 36.2. The molecule has 24 rings (SSSR count). The zero-order valence-corrected chi connectivity index (χ0v) is 53.9. The van der Waals surface area contributed by atoms with Crippen LogP contribution in [0.5, 0.6) is 0 Å². The lowest BCUT2D eigenvalue weighted by atomic mass is 9.45. The minimum Gasteiger partial charge on any atom is -0.374 e. The van der Waals surface area contributed by atoms with Gasteiger partial charge in [0.2, 0.25) is 0 Å². The van der Waals surface area contributed by atoms with E-state index in [1.54, 1.807) is 0 Å². The molecule has 0 amide bonds. The van der Waals surface area contributed by atoms with E-state index in [4.69, 9.17) is 0 Å². The van der Waals surface area contributed by atoms with Gasteiger partial charge in [0.25, 0.3) is 0 Å². The zero-order chi connectivity index (χ0) is 61.9. The molecule has 1 atom stereocenters. The van der Waals surface area contributed by atoms with Crippen LogP contribution in [0.25, 0.3) is 155 Å². The van der Waals surface area contributed by atoms with Crippen molar-refractivity contribution >= 4 is 94.2 Å². The molecular weight excluding hydrogens is 1160 g/mol. The van der Waals surface area contributed by atoms with E-state index in [-0.39, 0.29) is 12.9 Å². The maximum Gasteiger partial charge on any atom is 0.333 e. The molecule has 454 valence electrons. The first-order chi connectivity index (χ1) is 47.6. The summed E-state index contributed by atoms with van der Waals surface area (Å²) in [6, 6.07) is 83.9. The molecule has 4 aromatic heterocycles. The second kappa shape index (κ2) is 18.8. The minimum absolute atomic E-state index is 0.109. The first-order valence-corrected chi connectivity index (χ1v) is 36.2. The van der Waals surface area contributed by atoms with Crippen molar-refractivity contribution in [1.29, 1.82) is 0 Å². The first kappa shape index (κ1) is 52.0. The fraction of sp³-hybridized carbons (Fsp3) is 0.187. The number of aromatic nitrogens is 4. The lowest BCUT2D eigenvalue weighted by Gasteiger charge is -2.36. The van der Waals surface area contributed by atoms with Crippen LogP contribution in [0, 0.1) is 0 Å². The van der Waals surface area contributed by atoms with Gasteiger partial charge in [-0.1, -0.05) is 152 Å². The molecule has 0 spiro atoms. The quantitative estimate of drug-likeness (QED) is 0.157. The van der Waals surface area contributed by atoms with Gasteiger partial charge in [-0.05, 0) is 268 Å². The fourth-order valence-corrected chi connectivity index (χ4v) is 20.9. The van der Waals surface area contributed by atoms with Gasteiger partial charge in [-0.25, -0.2) is 0 Å². The second-order valence-electron chi connectivity index (χ2n) is 29.9. The lowest BCUT2D eigenvalue weighted by Crippen LogP contribution is -2.55. The highest BCUT2D eigenvalue weighted by molar-refractivity contribution is 6.90. The summed E-state index contributed by atoms with van der Waals surface area (Å²) in [6.45, 7) is -0.109. The molecule has 0 bridgehead atoms. The summed E-state index contributed by atoms with van der Waals surface area (Å²) in [5.41, 5.74) is 46.8. The monoisotopic (exact) mass is 1230 g/mol. The number of rotatable bonds is 4. The van der Waals surface area contributed by atoms with Crippen LogP contribution in [0.1, 0.15) is 113 Å². The van der Waals surface area contributed by atoms with Crippen molar-refractivity contribution in [2.75, 3.05) is 0 Å². The predicted octanol–water partition coefficient (Wildman–Crippen LogP) is 21.0. The average molecular weight is 1230 g/mol. The molecule has 4 nitrogen and oxygen atoms in total. The van der Waals surface area contributed by atoms with Crippen molar-refractivity contribution in [2.24, 2.45) is 0 Å². The largest absolute Gasteiger partial charge is 0.374 e. The van der Waals surface area contributed by atoms with Crippen molar-refractivity contribution in [2.45, 2.75) is 109 Å². The molecule has 0 saturated carbocycles. The lowest BCUT2D eigenvalue weighted by molar-refractivity contribution is 0.686. The van der Waals surface area contributed by atoms with Gasteiger partial charge in [0.15, 0.2) is 0 Å². The number of fused-ring (bicyclic) bond motifs is 23. The van der Waals surface area contributed by atoms with E-state index in [2.05, 4.69) is 224 Å². The highest BCUT2D eigenvalue weighted by atomic mass is 15.1. The van der Waals surface area contributed by atoms with Gasteiger partial charge in [-0.3, -0.25) is 0 Å². The highest BCUT2D eigenvalue weighted by Crippen LogP contribution is 2.58. The molecule has 5 heteroatoms. The maximum absolute atomic E-state index is 2.89. The number of aryl methyl sites for hydroxylation is 8. The Labute approximate surface area is 557 Å². The van der Waals surface area contributed by atoms with Gasteiger partial charge >= 0.3 is 6.85 Å².